The summed E-state index contributed by atoms with van der Waals surface area (Å²) in [5.41, 5.74) is 0. The van der Waals surface area contributed by atoms with Gasteiger partial charge in [0, 0.05) is 6.42 Å². The quantitative estimate of drug-likeness (QED) is 0.0211. The van der Waals surface area contributed by atoms with Crippen LogP contribution < -0.4 is 5.32 Å². The van der Waals surface area contributed by atoms with E-state index >= 15 is 0 Å². The third kappa shape index (κ3) is 27.0. The molecule has 2 rings (SSSR count). The first-order valence-electron chi connectivity index (χ1n) is 27.1. The molecule has 2 aliphatic rings. The van der Waals surface area contributed by atoms with Gasteiger partial charge in [-0.05, 0) is 44.9 Å². The maximum atomic E-state index is 13.2. The van der Waals surface area contributed by atoms with Crippen LogP contribution in [0, 0.1) is 0 Å². The molecule has 0 aliphatic carbocycles. The molecular formula is C53H99NO13. The van der Waals surface area contributed by atoms with E-state index in [2.05, 4.69) is 43.5 Å². The van der Waals surface area contributed by atoms with Gasteiger partial charge in [-0.15, -0.1) is 0 Å². The minimum atomic E-state index is -1.78. The number of ether oxygens (including phenoxy) is 4. The fourth-order valence-corrected chi connectivity index (χ4v) is 8.97. The summed E-state index contributed by atoms with van der Waals surface area (Å²) in [6.45, 7) is 2.83. The molecule has 394 valence electrons. The normalized spacial score (nSPS) is 26.7. The van der Waals surface area contributed by atoms with Gasteiger partial charge in [0.15, 0.2) is 12.6 Å². The Labute approximate surface area is 405 Å². The van der Waals surface area contributed by atoms with Crippen molar-refractivity contribution in [2.45, 2.75) is 286 Å². The van der Waals surface area contributed by atoms with Gasteiger partial charge in [-0.25, -0.2) is 0 Å². The molecule has 2 aliphatic heterocycles. The van der Waals surface area contributed by atoms with E-state index < -0.39 is 86.8 Å². The molecule has 12 unspecified atom stereocenters. The van der Waals surface area contributed by atoms with E-state index in [-0.39, 0.29) is 18.9 Å². The van der Waals surface area contributed by atoms with Crippen molar-refractivity contribution < 1.29 is 64.6 Å². The van der Waals surface area contributed by atoms with Crippen molar-refractivity contribution in [1.29, 1.82) is 0 Å². The molecule has 1 amide bonds. The number of allylic oxidation sites excluding steroid dienone is 4. The number of carbonyl (C=O) groups is 1. The first-order valence-corrected chi connectivity index (χ1v) is 27.1. The minimum Gasteiger partial charge on any atom is -0.394 e. The van der Waals surface area contributed by atoms with E-state index in [0.29, 0.717) is 12.8 Å². The second-order valence-corrected chi connectivity index (χ2v) is 19.4. The standard InChI is InChI=1S/C53H99NO13/c1-3-5-7-9-11-13-15-17-19-21-22-24-26-28-30-32-34-36-42(57)41(54-45(58)37-35-33-31-29-27-25-23-20-18-16-14-12-10-8-6-4-2)40-64-52-50(63)48(61)51(44(39-56)66-52)67-53-49(62)47(60)46(59)43(38-55)65-53/h14,16,20,23,41-44,46-53,55-57,59-63H,3-13,15,17-19,21-22,24-40H2,1-2H3,(H,54,58)/b16-14-,23-20-. The van der Waals surface area contributed by atoms with E-state index in [1.54, 1.807) is 0 Å². The molecule has 0 aromatic rings. The Morgan fingerprint density at radius 2 is 0.985 bits per heavy atom. The second kappa shape index (κ2) is 40.1. The number of amides is 1. The van der Waals surface area contributed by atoms with Gasteiger partial charge < -0.3 is 65.1 Å². The van der Waals surface area contributed by atoms with Crippen molar-refractivity contribution in [3.05, 3.63) is 24.3 Å². The molecule has 0 saturated carbocycles. The molecule has 0 aromatic carbocycles. The summed E-state index contributed by atoms with van der Waals surface area (Å²) < 4.78 is 22.8. The van der Waals surface area contributed by atoms with Crippen molar-refractivity contribution in [2.24, 2.45) is 0 Å². The number of carbonyl (C=O) groups excluding carboxylic acids is 1. The lowest BCUT2D eigenvalue weighted by Gasteiger charge is -2.46. The van der Waals surface area contributed by atoms with E-state index in [4.69, 9.17) is 18.9 Å². The molecule has 14 nitrogen and oxygen atoms in total. The van der Waals surface area contributed by atoms with Crippen LogP contribution in [-0.4, -0.2) is 140 Å². The minimum absolute atomic E-state index is 0.220. The third-order valence-electron chi connectivity index (χ3n) is 13.4. The molecule has 12 atom stereocenters. The van der Waals surface area contributed by atoms with Crippen molar-refractivity contribution in [2.75, 3.05) is 19.8 Å². The third-order valence-corrected chi connectivity index (χ3v) is 13.4. The molecule has 14 heteroatoms. The Hall–Kier alpha value is -1.53. The van der Waals surface area contributed by atoms with Crippen LogP contribution in [0.2, 0.25) is 0 Å². The smallest absolute Gasteiger partial charge is 0.220 e. The van der Waals surface area contributed by atoms with Crippen LogP contribution >= 0.6 is 0 Å². The zero-order valence-corrected chi connectivity index (χ0v) is 41.9. The highest BCUT2D eigenvalue weighted by Gasteiger charge is 2.51. The van der Waals surface area contributed by atoms with Crippen LogP contribution in [0.4, 0.5) is 0 Å². The Morgan fingerprint density at radius 3 is 1.51 bits per heavy atom. The zero-order valence-electron chi connectivity index (χ0n) is 41.9. The zero-order chi connectivity index (χ0) is 48.9. The molecule has 0 spiro atoms. The predicted molar refractivity (Wildman–Crippen MR) is 263 cm³/mol. The van der Waals surface area contributed by atoms with Gasteiger partial charge in [0.1, 0.15) is 48.8 Å². The van der Waals surface area contributed by atoms with Crippen molar-refractivity contribution in [3.63, 3.8) is 0 Å². The summed E-state index contributed by atoms with van der Waals surface area (Å²) in [5.74, 6) is -0.220. The van der Waals surface area contributed by atoms with Gasteiger partial charge in [0.05, 0.1) is 32.0 Å². The maximum Gasteiger partial charge on any atom is 0.220 e. The molecule has 0 bridgehead atoms. The summed E-state index contributed by atoms with van der Waals surface area (Å²) in [5, 5.41) is 87.0. The fourth-order valence-electron chi connectivity index (χ4n) is 8.97. The Morgan fingerprint density at radius 1 is 0.537 bits per heavy atom. The molecule has 9 N–H and O–H groups in total. The Bertz CT molecular complexity index is 1220. The summed E-state index contributed by atoms with van der Waals surface area (Å²) in [6.07, 6.45) is 27.4. The van der Waals surface area contributed by atoms with Gasteiger partial charge in [0.25, 0.3) is 0 Å². The fraction of sp³-hybridized carbons (Fsp3) is 0.906. The summed E-state index contributed by atoms with van der Waals surface area (Å²) in [7, 11) is 0. The molecular weight excluding hydrogens is 859 g/mol. The monoisotopic (exact) mass is 958 g/mol. The van der Waals surface area contributed by atoms with Crippen LogP contribution in [0.15, 0.2) is 24.3 Å². The van der Waals surface area contributed by atoms with Crippen LogP contribution in [0.3, 0.4) is 0 Å². The molecule has 67 heavy (non-hydrogen) atoms. The molecule has 0 aromatic heterocycles. The van der Waals surface area contributed by atoms with Crippen LogP contribution in [0.5, 0.6) is 0 Å². The van der Waals surface area contributed by atoms with Gasteiger partial charge in [-0.1, -0.05) is 186 Å². The molecule has 2 fully saturated rings. The largest absolute Gasteiger partial charge is 0.394 e. The summed E-state index contributed by atoms with van der Waals surface area (Å²) in [4.78, 5) is 13.2. The van der Waals surface area contributed by atoms with Crippen LogP contribution in [0.25, 0.3) is 0 Å². The lowest BCUT2D eigenvalue weighted by molar-refractivity contribution is -0.359. The van der Waals surface area contributed by atoms with Gasteiger partial charge >= 0.3 is 0 Å². The van der Waals surface area contributed by atoms with Gasteiger partial charge in [-0.2, -0.15) is 0 Å². The average molecular weight is 958 g/mol. The van der Waals surface area contributed by atoms with Crippen molar-refractivity contribution in [1.82, 2.24) is 5.32 Å². The SMILES string of the molecule is CCCCCC/C=C\C/C=C\CCCCCCCC(=O)NC(COC1OC(CO)C(OC2OC(CO)C(O)C(O)C2O)C(O)C1O)C(O)CCCCCCCCCCCCCCCCCCC. The highest BCUT2D eigenvalue weighted by Crippen LogP contribution is 2.30. The summed E-state index contributed by atoms with van der Waals surface area (Å²) >= 11 is 0. The number of nitrogens with one attached hydrogen (secondary N) is 1. The second-order valence-electron chi connectivity index (χ2n) is 19.4. The van der Waals surface area contributed by atoms with Gasteiger partial charge in [-0.3, -0.25) is 4.79 Å². The highest BCUT2D eigenvalue weighted by atomic mass is 16.7. The molecule has 2 heterocycles. The Kier molecular flexibility index (Phi) is 36.9. The van der Waals surface area contributed by atoms with Crippen LogP contribution in [-0.2, 0) is 23.7 Å². The lowest BCUT2D eigenvalue weighted by atomic mass is 9.97. The maximum absolute atomic E-state index is 13.2. The number of hydrogen-bond acceptors (Lipinski definition) is 13. The number of unbranched alkanes of at least 4 members (excludes halogenated alkanes) is 25. The highest BCUT2D eigenvalue weighted by molar-refractivity contribution is 5.76. The molecule has 2 saturated heterocycles. The van der Waals surface area contributed by atoms with Crippen molar-refractivity contribution in [3.8, 4) is 0 Å². The number of hydrogen-bond donors (Lipinski definition) is 9. The Balaban J connectivity index is 1.82. The van der Waals surface area contributed by atoms with E-state index in [1.807, 2.05) is 0 Å². The van der Waals surface area contributed by atoms with E-state index in [9.17, 15) is 45.6 Å². The van der Waals surface area contributed by atoms with E-state index in [1.165, 1.54) is 109 Å². The number of rotatable bonds is 42. The number of aliphatic hydroxyl groups excluding tert-OH is 8. The number of aliphatic hydroxyl groups is 8. The predicted octanol–water partition coefficient (Wildman–Crippen LogP) is 7.72. The molecule has 0 radical (unpaired) electrons. The van der Waals surface area contributed by atoms with E-state index in [0.717, 1.165) is 70.6 Å². The first-order chi connectivity index (χ1) is 32.6. The topological polar surface area (TPSA) is 228 Å². The average Bonchev–Trinajstić information content (AvgIpc) is 3.32. The van der Waals surface area contributed by atoms with Gasteiger partial charge in [0.2, 0.25) is 5.91 Å². The van der Waals surface area contributed by atoms with Crippen molar-refractivity contribution >= 4 is 5.91 Å². The summed E-state index contributed by atoms with van der Waals surface area (Å²) in [6, 6.07) is -0.833. The lowest BCUT2D eigenvalue weighted by Crippen LogP contribution is -2.65. The first kappa shape index (κ1) is 61.6. The van der Waals surface area contributed by atoms with Crippen LogP contribution in [0.1, 0.15) is 213 Å².